The summed E-state index contributed by atoms with van der Waals surface area (Å²) in [6.07, 6.45) is 4.85. The van der Waals surface area contributed by atoms with Crippen molar-refractivity contribution < 1.29 is 4.79 Å². The molecule has 20 heavy (non-hydrogen) atoms. The van der Waals surface area contributed by atoms with E-state index in [1.807, 2.05) is 20.8 Å². The van der Waals surface area contributed by atoms with Crippen LogP contribution in [0, 0.1) is 0 Å². The van der Waals surface area contributed by atoms with Crippen LogP contribution in [0.2, 0.25) is 5.02 Å². The van der Waals surface area contributed by atoms with Crippen molar-refractivity contribution in [3.05, 3.63) is 40.7 Å². The van der Waals surface area contributed by atoms with Crippen molar-refractivity contribution in [2.45, 2.75) is 32.7 Å². The maximum atomic E-state index is 12.2. The standard InChI is InChI=1S/C13H16ClN5O/c1-7(2)12-15-6-10(14)11(19-12)13(20)18-8(3)9-4-16-17-5-9/h4-8H,1-3H3,(H,16,17)(H,18,20). The van der Waals surface area contributed by atoms with Crippen LogP contribution < -0.4 is 5.32 Å². The molecule has 2 aromatic heterocycles. The zero-order valence-electron chi connectivity index (χ0n) is 11.5. The number of nitrogens with one attached hydrogen (secondary N) is 2. The third kappa shape index (κ3) is 3.14. The van der Waals surface area contributed by atoms with Crippen LogP contribution in [0.4, 0.5) is 0 Å². The molecule has 106 valence electrons. The van der Waals surface area contributed by atoms with E-state index >= 15 is 0 Å². The van der Waals surface area contributed by atoms with Crippen molar-refractivity contribution in [3.8, 4) is 0 Å². The molecule has 6 nitrogen and oxygen atoms in total. The first-order chi connectivity index (χ1) is 9.49. The molecular formula is C13H16ClN5O. The lowest BCUT2D eigenvalue weighted by molar-refractivity contribution is 0.0934. The minimum absolute atomic E-state index is 0.130. The van der Waals surface area contributed by atoms with Crippen LogP contribution >= 0.6 is 11.6 Å². The van der Waals surface area contributed by atoms with Crippen molar-refractivity contribution in [2.75, 3.05) is 0 Å². The van der Waals surface area contributed by atoms with Gasteiger partial charge in [0.25, 0.3) is 5.91 Å². The fraction of sp³-hybridized carbons (Fsp3) is 0.385. The summed E-state index contributed by atoms with van der Waals surface area (Å²) in [5, 5.41) is 9.63. The van der Waals surface area contributed by atoms with Crippen LogP contribution in [-0.4, -0.2) is 26.1 Å². The summed E-state index contributed by atoms with van der Waals surface area (Å²) in [6.45, 7) is 5.78. The summed E-state index contributed by atoms with van der Waals surface area (Å²) in [5.41, 5.74) is 1.08. The molecule has 0 radical (unpaired) electrons. The minimum Gasteiger partial charge on any atom is -0.344 e. The summed E-state index contributed by atoms with van der Waals surface area (Å²) < 4.78 is 0. The Morgan fingerprint density at radius 2 is 2.10 bits per heavy atom. The summed E-state index contributed by atoms with van der Waals surface area (Å²) in [6, 6.07) is -0.185. The van der Waals surface area contributed by atoms with Crippen molar-refractivity contribution in [1.82, 2.24) is 25.5 Å². The monoisotopic (exact) mass is 293 g/mol. The molecule has 2 aromatic rings. The second-order valence-electron chi connectivity index (χ2n) is 4.81. The average Bonchev–Trinajstić information content (AvgIpc) is 2.92. The van der Waals surface area contributed by atoms with E-state index in [9.17, 15) is 4.79 Å². The van der Waals surface area contributed by atoms with Crippen LogP contribution in [0.25, 0.3) is 0 Å². The number of amides is 1. The Labute approximate surface area is 122 Å². The predicted molar refractivity (Wildman–Crippen MR) is 75.6 cm³/mol. The fourth-order valence-corrected chi connectivity index (χ4v) is 1.84. The van der Waals surface area contributed by atoms with Gasteiger partial charge in [0, 0.05) is 17.7 Å². The Balaban J connectivity index is 2.18. The summed E-state index contributed by atoms with van der Waals surface area (Å²) >= 11 is 6.00. The van der Waals surface area contributed by atoms with Gasteiger partial charge in [0.2, 0.25) is 0 Å². The SMILES string of the molecule is CC(C)c1ncc(Cl)c(C(=O)NC(C)c2cn[nH]c2)n1. The maximum Gasteiger partial charge on any atom is 0.272 e. The highest BCUT2D eigenvalue weighted by Crippen LogP contribution is 2.17. The van der Waals surface area contributed by atoms with E-state index < -0.39 is 0 Å². The molecule has 7 heteroatoms. The van der Waals surface area contributed by atoms with Gasteiger partial charge >= 0.3 is 0 Å². The van der Waals surface area contributed by atoms with Gasteiger partial charge in [0.05, 0.1) is 23.5 Å². The number of aromatic nitrogens is 4. The lowest BCUT2D eigenvalue weighted by Crippen LogP contribution is -2.28. The van der Waals surface area contributed by atoms with E-state index in [1.54, 1.807) is 12.4 Å². The molecule has 1 atom stereocenters. The van der Waals surface area contributed by atoms with Gasteiger partial charge in [-0.05, 0) is 6.92 Å². The molecule has 1 unspecified atom stereocenters. The Morgan fingerprint density at radius 1 is 1.35 bits per heavy atom. The molecule has 0 aromatic carbocycles. The van der Waals surface area contributed by atoms with E-state index in [2.05, 4.69) is 25.5 Å². The van der Waals surface area contributed by atoms with Gasteiger partial charge in [0.15, 0.2) is 0 Å². The van der Waals surface area contributed by atoms with Gasteiger partial charge < -0.3 is 5.32 Å². The molecule has 0 bridgehead atoms. The van der Waals surface area contributed by atoms with Gasteiger partial charge in [-0.25, -0.2) is 9.97 Å². The van der Waals surface area contributed by atoms with E-state index in [0.29, 0.717) is 5.82 Å². The fourth-order valence-electron chi connectivity index (χ4n) is 1.66. The lowest BCUT2D eigenvalue weighted by Gasteiger charge is -2.13. The molecule has 0 spiro atoms. The molecule has 2 rings (SSSR count). The number of halogens is 1. The number of H-pyrrole nitrogens is 1. The Bertz CT molecular complexity index is 597. The van der Waals surface area contributed by atoms with Crippen LogP contribution in [0.15, 0.2) is 18.6 Å². The summed E-state index contributed by atoms with van der Waals surface area (Å²) in [5.74, 6) is 0.397. The first-order valence-electron chi connectivity index (χ1n) is 6.31. The number of rotatable bonds is 4. The second kappa shape index (κ2) is 6.00. The number of aromatic amines is 1. The van der Waals surface area contributed by atoms with Crippen molar-refractivity contribution in [1.29, 1.82) is 0 Å². The Hall–Kier alpha value is -1.95. The number of hydrogen-bond donors (Lipinski definition) is 2. The molecule has 0 aliphatic carbocycles. The minimum atomic E-state index is -0.326. The normalized spacial score (nSPS) is 12.4. The molecule has 2 N–H and O–H groups in total. The highest BCUT2D eigenvalue weighted by Gasteiger charge is 2.18. The molecule has 0 aliphatic rings. The summed E-state index contributed by atoms with van der Waals surface area (Å²) in [4.78, 5) is 20.6. The van der Waals surface area contributed by atoms with Crippen LogP contribution in [0.5, 0.6) is 0 Å². The topological polar surface area (TPSA) is 83.6 Å². The van der Waals surface area contributed by atoms with Gasteiger partial charge in [-0.15, -0.1) is 0 Å². The number of nitrogens with zero attached hydrogens (tertiary/aromatic N) is 3. The third-order valence-electron chi connectivity index (χ3n) is 2.86. The molecule has 1 amide bonds. The zero-order chi connectivity index (χ0) is 14.7. The van der Waals surface area contributed by atoms with Crippen LogP contribution in [0.1, 0.15) is 54.6 Å². The smallest absolute Gasteiger partial charge is 0.272 e. The highest BCUT2D eigenvalue weighted by molar-refractivity contribution is 6.33. The molecule has 0 aliphatic heterocycles. The lowest BCUT2D eigenvalue weighted by atomic mass is 10.2. The highest BCUT2D eigenvalue weighted by atomic mass is 35.5. The zero-order valence-corrected chi connectivity index (χ0v) is 12.3. The van der Waals surface area contributed by atoms with E-state index in [-0.39, 0.29) is 28.6 Å². The second-order valence-corrected chi connectivity index (χ2v) is 5.21. The van der Waals surface area contributed by atoms with Crippen LogP contribution in [0.3, 0.4) is 0 Å². The Kier molecular flexibility index (Phi) is 4.34. The number of carbonyl (C=O) groups excluding carboxylic acids is 1. The van der Waals surface area contributed by atoms with E-state index in [4.69, 9.17) is 11.6 Å². The van der Waals surface area contributed by atoms with Crippen LogP contribution in [-0.2, 0) is 0 Å². The summed E-state index contributed by atoms with van der Waals surface area (Å²) in [7, 11) is 0. The third-order valence-corrected chi connectivity index (χ3v) is 3.14. The van der Waals surface area contributed by atoms with E-state index in [1.165, 1.54) is 6.20 Å². The quantitative estimate of drug-likeness (QED) is 0.907. The number of carbonyl (C=O) groups is 1. The van der Waals surface area contributed by atoms with Crippen molar-refractivity contribution in [2.24, 2.45) is 0 Å². The van der Waals surface area contributed by atoms with Gasteiger partial charge in [-0.1, -0.05) is 25.4 Å². The van der Waals surface area contributed by atoms with Crippen molar-refractivity contribution in [3.63, 3.8) is 0 Å². The van der Waals surface area contributed by atoms with E-state index in [0.717, 1.165) is 5.56 Å². The maximum absolute atomic E-state index is 12.2. The first-order valence-corrected chi connectivity index (χ1v) is 6.68. The van der Waals surface area contributed by atoms with Gasteiger partial charge in [-0.2, -0.15) is 5.10 Å². The van der Waals surface area contributed by atoms with Gasteiger partial charge in [-0.3, -0.25) is 9.89 Å². The average molecular weight is 294 g/mol. The largest absolute Gasteiger partial charge is 0.344 e. The molecule has 2 heterocycles. The molecular weight excluding hydrogens is 278 g/mol. The number of hydrogen-bond acceptors (Lipinski definition) is 4. The van der Waals surface area contributed by atoms with Crippen molar-refractivity contribution >= 4 is 17.5 Å². The first kappa shape index (κ1) is 14.5. The molecule has 0 saturated carbocycles. The van der Waals surface area contributed by atoms with Gasteiger partial charge in [0.1, 0.15) is 11.5 Å². The molecule has 0 saturated heterocycles. The Morgan fingerprint density at radius 3 is 2.70 bits per heavy atom. The predicted octanol–water partition coefficient (Wildman–Crippen LogP) is 2.47. The molecule has 0 fully saturated rings.